The van der Waals surface area contributed by atoms with Gasteiger partial charge in [-0.1, -0.05) is 15.9 Å². The van der Waals surface area contributed by atoms with Crippen LogP contribution < -0.4 is 5.73 Å². The lowest BCUT2D eigenvalue weighted by Gasteiger charge is -2.10. The SMILES string of the molecule is CC(N)=NC[C@H](O)c1cc(O)ccc1[76Br]. The minimum Gasteiger partial charge on any atom is -0.508 e. The monoisotopic (exact) mass is 269 g/mol. The molecule has 0 aliphatic rings. The molecular formula is C10H13BrN2O2. The predicted molar refractivity (Wildman–Crippen MR) is 62.9 cm³/mol. The van der Waals surface area contributed by atoms with Crippen molar-refractivity contribution in [3.05, 3.63) is 28.2 Å². The van der Waals surface area contributed by atoms with E-state index in [1.807, 2.05) is 0 Å². The van der Waals surface area contributed by atoms with Gasteiger partial charge in [0.1, 0.15) is 5.75 Å². The van der Waals surface area contributed by atoms with E-state index in [0.717, 1.165) is 4.47 Å². The molecule has 1 atom stereocenters. The second-order valence-electron chi connectivity index (χ2n) is 3.20. The van der Waals surface area contributed by atoms with Crippen LogP contribution in [0, 0.1) is 0 Å². The van der Waals surface area contributed by atoms with Gasteiger partial charge in [-0.25, -0.2) is 0 Å². The predicted octanol–water partition coefficient (Wildman–Crippen LogP) is 1.57. The number of rotatable bonds is 3. The van der Waals surface area contributed by atoms with Crippen LogP contribution >= 0.6 is 15.9 Å². The van der Waals surface area contributed by atoms with Gasteiger partial charge in [-0.15, -0.1) is 0 Å². The molecule has 1 rings (SSSR count). The number of phenols is 1. The second-order valence-corrected chi connectivity index (χ2v) is 4.06. The molecule has 0 spiro atoms. The lowest BCUT2D eigenvalue weighted by Crippen LogP contribution is -2.10. The molecule has 0 aliphatic carbocycles. The Kier molecular flexibility index (Phi) is 4.11. The average molecular weight is 269 g/mol. The van der Waals surface area contributed by atoms with E-state index >= 15 is 0 Å². The largest absolute Gasteiger partial charge is 0.508 e. The third kappa shape index (κ3) is 3.53. The van der Waals surface area contributed by atoms with E-state index in [4.69, 9.17) is 5.73 Å². The van der Waals surface area contributed by atoms with Gasteiger partial charge in [-0.3, -0.25) is 4.99 Å². The summed E-state index contributed by atoms with van der Waals surface area (Å²) in [6, 6.07) is 4.71. The number of hydrogen-bond donors (Lipinski definition) is 3. The van der Waals surface area contributed by atoms with Crippen LogP contribution in [0.15, 0.2) is 27.7 Å². The Labute approximate surface area is 96.6 Å². The lowest BCUT2D eigenvalue weighted by molar-refractivity contribution is 0.186. The summed E-state index contributed by atoms with van der Waals surface area (Å²) in [7, 11) is 0. The molecule has 82 valence electrons. The van der Waals surface area contributed by atoms with Crippen LogP contribution in [-0.2, 0) is 0 Å². The molecular weight excluding hydrogens is 256 g/mol. The van der Waals surface area contributed by atoms with Crippen molar-refractivity contribution in [3.63, 3.8) is 0 Å². The number of nitrogens with zero attached hydrogens (tertiary/aromatic N) is 1. The number of aromatic hydroxyl groups is 1. The third-order valence-electron chi connectivity index (χ3n) is 1.85. The van der Waals surface area contributed by atoms with Gasteiger partial charge in [0.25, 0.3) is 0 Å². The van der Waals surface area contributed by atoms with Crippen molar-refractivity contribution >= 4 is 21.8 Å². The van der Waals surface area contributed by atoms with Crippen LogP contribution in [-0.4, -0.2) is 22.6 Å². The fourth-order valence-electron chi connectivity index (χ4n) is 1.12. The highest BCUT2D eigenvalue weighted by molar-refractivity contribution is 9.10. The minimum absolute atomic E-state index is 0.112. The summed E-state index contributed by atoms with van der Waals surface area (Å²) >= 11 is 3.29. The van der Waals surface area contributed by atoms with Gasteiger partial charge in [0, 0.05) is 10.0 Å². The Morgan fingerprint density at radius 3 is 2.87 bits per heavy atom. The van der Waals surface area contributed by atoms with Crippen LogP contribution in [0.5, 0.6) is 5.75 Å². The first-order chi connectivity index (χ1) is 7.00. The van der Waals surface area contributed by atoms with Crippen molar-refractivity contribution in [3.8, 4) is 5.75 Å². The number of benzene rings is 1. The summed E-state index contributed by atoms with van der Waals surface area (Å²) in [5.74, 6) is 0.533. The highest BCUT2D eigenvalue weighted by Crippen LogP contribution is 2.27. The van der Waals surface area contributed by atoms with Gasteiger partial charge in [-0.2, -0.15) is 0 Å². The molecule has 0 bridgehead atoms. The van der Waals surface area contributed by atoms with Crippen molar-refractivity contribution in [1.82, 2.24) is 0 Å². The number of nitrogens with two attached hydrogens (primary N) is 1. The fourth-order valence-corrected chi connectivity index (χ4v) is 1.63. The van der Waals surface area contributed by atoms with Crippen molar-refractivity contribution in [1.29, 1.82) is 0 Å². The average Bonchev–Trinajstić information content (AvgIpc) is 2.18. The molecule has 0 aliphatic heterocycles. The molecule has 0 aromatic heterocycles. The van der Waals surface area contributed by atoms with E-state index < -0.39 is 6.10 Å². The van der Waals surface area contributed by atoms with Gasteiger partial charge in [-0.05, 0) is 25.1 Å². The number of amidine groups is 1. The molecule has 0 saturated heterocycles. The van der Waals surface area contributed by atoms with Crippen LogP contribution in [0.4, 0.5) is 0 Å². The minimum atomic E-state index is -0.773. The van der Waals surface area contributed by atoms with Gasteiger partial charge in [0.15, 0.2) is 0 Å². The van der Waals surface area contributed by atoms with Crippen molar-refractivity contribution in [2.24, 2.45) is 10.7 Å². The van der Waals surface area contributed by atoms with Gasteiger partial charge < -0.3 is 15.9 Å². The zero-order valence-electron chi connectivity index (χ0n) is 8.31. The van der Waals surface area contributed by atoms with Crippen molar-refractivity contribution in [2.75, 3.05) is 6.54 Å². The highest BCUT2D eigenvalue weighted by atomic mass is 75.9. The van der Waals surface area contributed by atoms with Crippen LogP contribution in [0.1, 0.15) is 18.6 Å². The van der Waals surface area contributed by atoms with E-state index in [-0.39, 0.29) is 12.3 Å². The molecule has 0 unspecified atom stereocenters. The Morgan fingerprint density at radius 1 is 1.60 bits per heavy atom. The zero-order chi connectivity index (χ0) is 11.4. The summed E-state index contributed by atoms with van der Waals surface area (Å²) in [5, 5.41) is 19.0. The summed E-state index contributed by atoms with van der Waals surface area (Å²) in [5.41, 5.74) is 5.96. The van der Waals surface area contributed by atoms with Gasteiger partial charge >= 0.3 is 0 Å². The number of aliphatic hydroxyl groups excluding tert-OH is 1. The zero-order valence-corrected chi connectivity index (χ0v) is 9.90. The quantitative estimate of drug-likeness (QED) is 0.575. The summed E-state index contributed by atoms with van der Waals surface area (Å²) in [6.45, 7) is 1.84. The molecule has 0 saturated carbocycles. The smallest absolute Gasteiger partial charge is 0.116 e. The van der Waals surface area contributed by atoms with E-state index in [0.29, 0.717) is 11.4 Å². The molecule has 15 heavy (non-hydrogen) atoms. The Bertz CT molecular complexity index is 376. The van der Waals surface area contributed by atoms with E-state index in [1.54, 1.807) is 13.0 Å². The molecule has 0 radical (unpaired) electrons. The van der Waals surface area contributed by atoms with Crippen LogP contribution in [0.3, 0.4) is 0 Å². The van der Waals surface area contributed by atoms with E-state index in [1.165, 1.54) is 12.1 Å². The number of aliphatic imine (C=N–C) groups is 1. The normalized spacial score (nSPS) is 13.9. The number of phenolic OH excluding ortho intramolecular Hbond substituents is 1. The fraction of sp³-hybridized carbons (Fsp3) is 0.300. The molecule has 0 fully saturated rings. The topological polar surface area (TPSA) is 78.8 Å². The molecule has 0 amide bonds. The first-order valence-electron chi connectivity index (χ1n) is 4.43. The van der Waals surface area contributed by atoms with Crippen molar-refractivity contribution < 1.29 is 10.2 Å². The molecule has 0 heterocycles. The first-order valence-corrected chi connectivity index (χ1v) is 5.23. The molecule has 1 aromatic carbocycles. The number of halogens is 1. The molecule has 4 nitrogen and oxygen atoms in total. The molecule has 1 aromatic rings. The maximum Gasteiger partial charge on any atom is 0.116 e. The standard InChI is InChI=1S/C10H13BrN2O2/c1-6(12)13-5-10(15)8-4-7(14)2-3-9(8)11/h2-4,10,14-15H,5H2,1H3,(H2,12,13)/t10-/m0/s1/i11-4. The summed E-state index contributed by atoms with van der Waals surface area (Å²) in [4.78, 5) is 3.91. The van der Waals surface area contributed by atoms with Gasteiger partial charge in [0.2, 0.25) is 0 Å². The number of aliphatic hydroxyl groups is 1. The maximum absolute atomic E-state index is 9.77. The lowest BCUT2D eigenvalue weighted by atomic mass is 10.1. The van der Waals surface area contributed by atoms with Gasteiger partial charge in [0.05, 0.1) is 18.5 Å². The maximum atomic E-state index is 9.77. The van der Waals surface area contributed by atoms with Crippen LogP contribution in [0.2, 0.25) is 0 Å². The highest BCUT2D eigenvalue weighted by Gasteiger charge is 2.11. The molecule has 5 heteroatoms. The van der Waals surface area contributed by atoms with Crippen LogP contribution in [0.25, 0.3) is 0 Å². The van der Waals surface area contributed by atoms with Crippen molar-refractivity contribution in [2.45, 2.75) is 13.0 Å². The van der Waals surface area contributed by atoms with E-state index in [9.17, 15) is 10.2 Å². The Morgan fingerprint density at radius 2 is 2.27 bits per heavy atom. The Hall–Kier alpha value is -1.07. The molecule has 4 N–H and O–H groups in total. The summed E-state index contributed by atoms with van der Waals surface area (Å²) in [6.07, 6.45) is -0.773. The Balaban J connectivity index is 2.85. The third-order valence-corrected chi connectivity index (χ3v) is 2.57. The number of hydrogen-bond acceptors (Lipinski definition) is 3. The first kappa shape index (κ1) is 12.0. The second kappa shape index (κ2) is 5.14. The van der Waals surface area contributed by atoms with E-state index in [2.05, 4.69) is 20.9 Å². The summed E-state index contributed by atoms with van der Waals surface area (Å²) < 4.78 is 0.734.